The zero-order valence-electron chi connectivity index (χ0n) is 8.01. The molecule has 0 aliphatic rings. The van der Waals surface area contributed by atoms with Crippen LogP contribution in [-0.2, 0) is 0 Å². The molecule has 0 aromatic rings. The monoisotopic (exact) mass is 188 g/mol. The van der Waals surface area contributed by atoms with Crippen LogP contribution in [-0.4, -0.2) is 18.6 Å². The van der Waals surface area contributed by atoms with E-state index >= 15 is 0 Å². The minimum Gasteiger partial charge on any atom is -0.311 e. The molecule has 0 spiro atoms. The summed E-state index contributed by atoms with van der Waals surface area (Å²) in [5.41, 5.74) is -0.299. The smallest absolute Gasteiger partial charge is 0.212 e. The van der Waals surface area contributed by atoms with E-state index in [0.717, 1.165) is 6.20 Å². The Kier molecular flexibility index (Phi) is 5.14. The number of nitrogens with zero attached hydrogens (tertiary/aromatic N) is 1. The molecule has 0 fully saturated rings. The molecule has 0 saturated carbocycles. The quantitative estimate of drug-likeness (QED) is 0.673. The topological polar surface area (TPSA) is 24.4 Å². The first-order valence-electron chi connectivity index (χ1n) is 3.88. The van der Waals surface area contributed by atoms with Gasteiger partial charge in [0.1, 0.15) is 6.33 Å². The number of hydrogen-bond donors (Lipinski definition) is 1. The van der Waals surface area contributed by atoms with Gasteiger partial charge in [-0.15, -0.1) is 0 Å². The molecule has 0 atom stereocenters. The number of halogens is 2. The van der Waals surface area contributed by atoms with E-state index in [2.05, 4.69) is 10.3 Å². The van der Waals surface area contributed by atoms with Crippen LogP contribution < -0.4 is 5.32 Å². The van der Waals surface area contributed by atoms with Crippen LogP contribution in [0, 0.1) is 0 Å². The molecule has 0 radical (unpaired) electrons. The van der Waals surface area contributed by atoms with E-state index in [-0.39, 0.29) is 11.9 Å². The standard InChI is InChI=1S/C9H14F2N2/c1-9(2,12-3)5-4-8(11)13-7-6-10/h4-7,12H,1-3H3/b5-4-,7-6+,13-8+. The second kappa shape index (κ2) is 5.59. The number of likely N-dealkylation sites (N-methyl/N-ethyl adjacent to an activating group) is 1. The molecule has 0 aliphatic carbocycles. The van der Waals surface area contributed by atoms with Gasteiger partial charge in [-0.25, -0.2) is 9.38 Å². The van der Waals surface area contributed by atoms with Gasteiger partial charge in [0.15, 0.2) is 0 Å². The molecular weight excluding hydrogens is 174 g/mol. The summed E-state index contributed by atoms with van der Waals surface area (Å²) in [7, 11) is 1.76. The predicted octanol–water partition coefficient (Wildman–Crippen LogP) is 2.35. The molecule has 0 aliphatic heterocycles. The zero-order valence-corrected chi connectivity index (χ0v) is 8.01. The summed E-state index contributed by atoms with van der Waals surface area (Å²) in [6, 6.07) is 0. The summed E-state index contributed by atoms with van der Waals surface area (Å²) < 4.78 is 24.1. The highest BCUT2D eigenvalue weighted by molar-refractivity contribution is 5.87. The molecule has 0 saturated heterocycles. The molecule has 0 bridgehead atoms. The molecule has 0 aromatic carbocycles. The highest BCUT2D eigenvalue weighted by Crippen LogP contribution is 2.03. The Balaban J connectivity index is 4.27. The molecule has 0 rings (SSSR count). The lowest BCUT2D eigenvalue weighted by Gasteiger charge is -2.18. The van der Waals surface area contributed by atoms with Crippen molar-refractivity contribution in [1.82, 2.24) is 5.32 Å². The van der Waals surface area contributed by atoms with Gasteiger partial charge >= 0.3 is 0 Å². The Morgan fingerprint density at radius 2 is 2.08 bits per heavy atom. The van der Waals surface area contributed by atoms with Gasteiger partial charge in [-0.2, -0.15) is 4.39 Å². The lowest BCUT2D eigenvalue weighted by molar-refractivity contribution is 0.527. The van der Waals surface area contributed by atoms with Gasteiger partial charge in [-0.05, 0) is 27.0 Å². The van der Waals surface area contributed by atoms with Crippen LogP contribution in [0.3, 0.4) is 0 Å². The van der Waals surface area contributed by atoms with Crippen LogP contribution in [0.5, 0.6) is 0 Å². The Hall–Kier alpha value is -1.03. The summed E-state index contributed by atoms with van der Waals surface area (Å²) in [5, 5.41) is 2.95. The van der Waals surface area contributed by atoms with Crippen molar-refractivity contribution in [2.45, 2.75) is 19.4 Å². The van der Waals surface area contributed by atoms with Crippen molar-refractivity contribution in [2.75, 3.05) is 7.05 Å². The van der Waals surface area contributed by atoms with E-state index in [9.17, 15) is 8.78 Å². The third-order valence-corrected chi connectivity index (χ3v) is 1.54. The van der Waals surface area contributed by atoms with Gasteiger partial charge in [0.2, 0.25) is 5.97 Å². The summed E-state index contributed by atoms with van der Waals surface area (Å²) in [4.78, 5) is 3.16. The van der Waals surface area contributed by atoms with Crippen molar-refractivity contribution in [3.8, 4) is 0 Å². The summed E-state index contributed by atoms with van der Waals surface area (Å²) in [5.74, 6) is -0.725. The fourth-order valence-electron chi connectivity index (χ4n) is 0.503. The molecule has 2 nitrogen and oxygen atoms in total. The Morgan fingerprint density at radius 1 is 1.46 bits per heavy atom. The molecule has 0 heterocycles. The molecule has 13 heavy (non-hydrogen) atoms. The van der Waals surface area contributed by atoms with E-state index in [1.807, 2.05) is 13.8 Å². The van der Waals surface area contributed by atoms with Gasteiger partial charge in [0.25, 0.3) is 0 Å². The normalized spacial score (nSPS) is 14.7. The minimum atomic E-state index is -0.725. The highest BCUT2D eigenvalue weighted by atomic mass is 19.1. The van der Waals surface area contributed by atoms with Crippen LogP contribution in [0.25, 0.3) is 0 Å². The highest BCUT2D eigenvalue weighted by Gasteiger charge is 2.08. The average Bonchev–Trinajstić information content (AvgIpc) is 2.11. The van der Waals surface area contributed by atoms with Crippen LogP contribution >= 0.6 is 0 Å². The number of hydrogen-bond acceptors (Lipinski definition) is 2. The fourth-order valence-corrected chi connectivity index (χ4v) is 0.503. The van der Waals surface area contributed by atoms with E-state index in [0.29, 0.717) is 0 Å². The van der Waals surface area contributed by atoms with Crippen molar-refractivity contribution in [2.24, 2.45) is 4.99 Å². The van der Waals surface area contributed by atoms with Crippen molar-refractivity contribution in [1.29, 1.82) is 0 Å². The number of nitrogens with one attached hydrogen (secondary N) is 1. The molecule has 1 N–H and O–H groups in total. The van der Waals surface area contributed by atoms with Crippen LogP contribution in [0.2, 0.25) is 0 Å². The Morgan fingerprint density at radius 3 is 2.54 bits per heavy atom. The molecule has 4 heteroatoms. The van der Waals surface area contributed by atoms with Crippen molar-refractivity contribution in [3.63, 3.8) is 0 Å². The number of aliphatic imine (C=N–C) groups is 1. The van der Waals surface area contributed by atoms with Crippen molar-refractivity contribution in [3.05, 3.63) is 24.7 Å². The van der Waals surface area contributed by atoms with Gasteiger partial charge in [-0.1, -0.05) is 6.08 Å². The van der Waals surface area contributed by atoms with Crippen LogP contribution in [0.1, 0.15) is 13.8 Å². The number of allylic oxidation sites excluding steroid dienone is 1. The molecule has 0 unspecified atom stereocenters. The van der Waals surface area contributed by atoms with Crippen LogP contribution in [0.4, 0.5) is 8.78 Å². The summed E-state index contributed by atoms with van der Waals surface area (Å²) in [6.45, 7) is 3.75. The first kappa shape index (κ1) is 12.0. The lowest BCUT2D eigenvalue weighted by atomic mass is 10.1. The van der Waals surface area contributed by atoms with Crippen LogP contribution in [0.15, 0.2) is 29.7 Å². The van der Waals surface area contributed by atoms with E-state index < -0.39 is 5.97 Å². The molecular formula is C9H14F2N2. The Labute approximate surface area is 77.1 Å². The van der Waals surface area contributed by atoms with E-state index in [1.165, 1.54) is 6.08 Å². The average molecular weight is 188 g/mol. The SMILES string of the molecule is CNC(C)(C)\C=C/C(F)=N\C=C\F. The summed E-state index contributed by atoms with van der Waals surface area (Å²) in [6.07, 6.45) is 3.73. The first-order valence-corrected chi connectivity index (χ1v) is 3.88. The molecule has 0 aromatic heterocycles. The number of rotatable bonds is 4. The maximum absolute atomic E-state index is 12.7. The predicted molar refractivity (Wildman–Crippen MR) is 51.1 cm³/mol. The largest absolute Gasteiger partial charge is 0.311 e. The third kappa shape index (κ3) is 6.16. The van der Waals surface area contributed by atoms with Crippen molar-refractivity contribution < 1.29 is 8.78 Å². The van der Waals surface area contributed by atoms with Gasteiger partial charge in [-0.3, -0.25) is 0 Å². The second-order valence-corrected chi connectivity index (χ2v) is 3.03. The van der Waals surface area contributed by atoms with Gasteiger partial charge in [0, 0.05) is 5.54 Å². The molecule has 0 amide bonds. The zero-order chi connectivity index (χ0) is 10.3. The maximum Gasteiger partial charge on any atom is 0.212 e. The molecule has 74 valence electrons. The van der Waals surface area contributed by atoms with Crippen molar-refractivity contribution >= 4 is 5.97 Å². The Bertz CT molecular complexity index is 230. The summed E-state index contributed by atoms with van der Waals surface area (Å²) >= 11 is 0. The van der Waals surface area contributed by atoms with Gasteiger partial charge in [0.05, 0.1) is 6.20 Å². The second-order valence-electron chi connectivity index (χ2n) is 3.03. The fraction of sp³-hybridized carbons (Fsp3) is 0.444. The van der Waals surface area contributed by atoms with E-state index in [1.54, 1.807) is 13.1 Å². The first-order chi connectivity index (χ1) is 6.02. The maximum atomic E-state index is 12.7. The minimum absolute atomic E-state index is 0.177. The van der Waals surface area contributed by atoms with Gasteiger partial charge < -0.3 is 5.32 Å². The van der Waals surface area contributed by atoms with E-state index in [4.69, 9.17) is 0 Å². The third-order valence-electron chi connectivity index (χ3n) is 1.54. The lowest BCUT2D eigenvalue weighted by Crippen LogP contribution is -2.33.